The highest BCUT2D eigenvalue weighted by Crippen LogP contribution is 2.54. The van der Waals surface area contributed by atoms with E-state index in [0.717, 1.165) is 50.9 Å². The minimum atomic E-state index is -0.695. The topological polar surface area (TPSA) is 44.0 Å². The van der Waals surface area contributed by atoms with Gasteiger partial charge in [0.15, 0.2) is 0 Å². The molecular formula is C15H25NO. The third kappa shape index (κ3) is 2.10. The molecule has 2 aliphatic rings. The van der Waals surface area contributed by atoms with Crippen molar-refractivity contribution in [2.24, 2.45) is 17.3 Å². The predicted octanol–water partition coefficient (Wildman–Crippen LogP) is 3.65. The highest BCUT2D eigenvalue weighted by Gasteiger charge is 2.54. The molecule has 2 unspecified atom stereocenters. The second kappa shape index (κ2) is 4.61. The highest BCUT2D eigenvalue weighted by molar-refractivity contribution is 5.15. The lowest BCUT2D eigenvalue weighted by atomic mass is 9.61. The molecule has 0 saturated heterocycles. The summed E-state index contributed by atoms with van der Waals surface area (Å²) in [6.07, 6.45) is 8.03. The largest absolute Gasteiger partial charge is 0.388 e. The Morgan fingerprint density at radius 3 is 2.29 bits per heavy atom. The first kappa shape index (κ1) is 12.9. The molecule has 2 aliphatic carbocycles. The van der Waals surface area contributed by atoms with Crippen molar-refractivity contribution < 1.29 is 5.11 Å². The quantitative estimate of drug-likeness (QED) is 0.794. The third-order valence-electron chi connectivity index (χ3n) is 5.38. The minimum absolute atomic E-state index is 0.441. The molecular weight excluding hydrogens is 210 g/mol. The van der Waals surface area contributed by atoms with Crippen LogP contribution in [-0.2, 0) is 0 Å². The van der Waals surface area contributed by atoms with Crippen LogP contribution >= 0.6 is 0 Å². The molecule has 0 aromatic carbocycles. The summed E-state index contributed by atoms with van der Waals surface area (Å²) in [6, 6.07) is 2.52. The van der Waals surface area contributed by atoms with Crippen LogP contribution in [0.4, 0.5) is 0 Å². The zero-order valence-corrected chi connectivity index (χ0v) is 11.2. The van der Waals surface area contributed by atoms with Crippen LogP contribution in [0.15, 0.2) is 0 Å². The normalized spacial score (nSPS) is 46.7. The van der Waals surface area contributed by atoms with Crippen LogP contribution in [0.5, 0.6) is 0 Å². The SMILES string of the molecule is CCC1CCC(C#N)(C2(O)CCC(C)C2)CC1. The maximum absolute atomic E-state index is 10.9. The van der Waals surface area contributed by atoms with Gasteiger partial charge in [-0.05, 0) is 56.8 Å². The van der Waals surface area contributed by atoms with E-state index in [1.54, 1.807) is 0 Å². The smallest absolute Gasteiger partial charge is 0.0860 e. The van der Waals surface area contributed by atoms with E-state index in [2.05, 4.69) is 19.9 Å². The fraction of sp³-hybridized carbons (Fsp3) is 0.933. The molecule has 0 spiro atoms. The summed E-state index contributed by atoms with van der Waals surface area (Å²) in [6.45, 7) is 4.43. The van der Waals surface area contributed by atoms with Crippen molar-refractivity contribution in [3.05, 3.63) is 0 Å². The van der Waals surface area contributed by atoms with Gasteiger partial charge in [0.1, 0.15) is 0 Å². The minimum Gasteiger partial charge on any atom is -0.388 e. The molecule has 2 atom stereocenters. The summed E-state index contributed by atoms with van der Waals surface area (Å²) in [5.41, 5.74) is -1.14. The Bertz CT molecular complexity index is 311. The van der Waals surface area contributed by atoms with Gasteiger partial charge >= 0.3 is 0 Å². The van der Waals surface area contributed by atoms with E-state index in [0.29, 0.717) is 5.92 Å². The van der Waals surface area contributed by atoms with E-state index in [-0.39, 0.29) is 0 Å². The number of hydrogen-bond acceptors (Lipinski definition) is 2. The highest BCUT2D eigenvalue weighted by atomic mass is 16.3. The van der Waals surface area contributed by atoms with E-state index < -0.39 is 11.0 Å². The maximum atomic E-state index is 10.9. The van der Waals surface area contributed by atoms with Gasteiger partial charge in [-0.15, -0.1) is 0 Å². The Balaban J connectivity index is 2.14. The van der Waals surface area contributed by atoms with Crippen molar-refractivity contribution in [1.29, 1.82) is 5.26 Å². The lowest BCUT2D eigenvalue weighted by molar-refractivity contribution is -0.0751. The van der Waals surface area contributed by atoms with Crippen LogP contribution in [0.25, 0.3) is 0 Å². The zero-order chi connectivity index (χ0) is 12.5. The fourth-order valence-electron chi connectivity index (χ4n) is 3.96. The van der Waals surface area contributed by atoms with Crippen LogP contribution in [0.3, 0.4) is 0 Å². The second-order valence-corrected chi connectivity index (χ2v) is 6.43. The number of aliphatic hydroxyl groups is 1. The lowest BCUT2D eigenvalue weighted by Gasteiger charge is -2.44. The summed E-state index contributed by atoms with van der Waals surface area (Å²) >= 11 is 0. The Morgan fingerprint density at radius 2 is 1.88 bits per heavy atom. The molecule has 2 rings (SSSR count). The summed E-state index contributed by atoms with van der Waals surface area (Å²) in [4.78, 5) is 0. The van der Waals surface area contributed by atoms with E-state index in [1.165, 1.54) is 6.42 Å². The van der Waals surface area contributed by atoms with Crippen molar-refractivity contribution in [2.75, 3.05) is 0 Å². The van der Waals surface area contributed by atoms with Gasteiger partial charge < -0.3 is 5.11 Å². The van der Waals surface area contributed by atoms with E-state index in [9.17, 15) is 10.4 Å². The van der Waals surface area contributed by atoms with Gasteiger partial charge in [-0.2, -0.15) is 5.26 Å². The molecule has 2 saturated carbocycles. The fourth-order valence-corrected chi connectivity index (χ4v) is 3.96. The van der Waals surface area contributed by atoms with Gasteiger partial charge in [0, 0.05) is 0 Å². The van der Waals surface area contributed by atoms with Gasteiger partial charge in [0.05, 0.1) is 17.1 Å². The van der Waals surface area contributed by atoms with E-state index >= 15 is 0 Å². The second-order valence-electron chi connectivity index (χ2n) is 6.43. The summed E-state index contributed by atoms with van der Waals surface area (Å²) in [5.74, 6) is 1.35. The molecule has 96 valence electrons. The molecule has 1 N–H and O–H groups in total. The number of rotatable bonds is 2. The van der Waals surface area contributed by atoms with Crippen LogP contribution in [0.1, 0.15) is 65.2 Å². The molecule has 0 aliphatic heterocycles. The van der Waals surface area contributed by atoms with Crippen molar-refractivity contribution >= 4 is 0 Å². The molecule has 2 nitrogen and oxygen atoms in total. The van der Waals surface area contributed by atoms with Gasteiger partial charge in [0.2, 0.25) is 0 Å². The average molecular weight is 235 g/mol. The molecule has 2 heteroatoms. The van der Waals surface area contributed by atoms with Gasteiger partial charge in [-0.1, -0.05) is 20.3 Å². The molecule has 0 bridgehead atoms. The molecule has 17 heavy (non-hydrogen) atoms. The zero-order valence-electron chi connectivity index (χ0n) is 11.2. The average Bonchev–Trinajstić information content (AvgIpc) is 2.71. The Kier molecular flexibility index (Phi) is 3.50. The summed E-state index contributed by atoms with van der Waals surface area (Å²) in [7, 11) is 0. The van der Waals surface area contributed by atoms with E-state index in [4.69, 9.17) is 0 Å². The Hall–Kier alpha value is -0.550. The molecule has 2 fully saturated rings. The predicted molar refractivity (Wildman–Crippen MR) is 68.3 cm³/mol. The standard InChI is InChI=1S/C15H25NO/c1-3-13-5-7-14(11-16,8-6-13)15(17)9-4-12(2)10-15/h12-13,17H,3-10H2,1-2H3. The van der Waals surface area contributed by atoms with Crippen molar-refractivity contribution in [3.63, 3.8) is 0 Å². The molecule has 0 aromatic heterocycles. The molecule has 0 aromatic rings. The van der Waals surface area contributed by atoms with Crippen LogP contribution in [-0.4, -0.2) is 10.7 Å². The van der Waals surface area contributed by atoms with Crippen molar-refractivity contribution in [3.8, 4) is 6.07 Å². The summed E-state index contributed by atoms with van der Waals surface area (Å²) < 4.78 is 0. The van der Waals surface area contributed by atoms with Gasteiger partial charge in [-0.25, -0.2) is 0 Å². The molecule has 0 amide bonds. The monoisotopic (exact) mass is 235 g/mol. The number of hydrogen-bond donors (Lipinski definition) is 1. The summed E-state index contributed by atoms with van der Waals surface area (Å²) in [5, 5.41) is 20.5. The molecule has 0 heterocycles. The third-order valence-corrected chi connectivity index (χ3v) is 5.38. The first-order chi connectivity index (χ1) is 8.05. The number of nitrogens with zero attached hydrogens (tertiary/aromatic N) is 1. The van der Waals surface area contributed by atoms with Crippen molar-refractivity contribution in [1.82, 2.24) is 0 Å². The van der Waals surface area contributed by atoms with Gasteiger partial charge in [-0.3, -0.25) is 0 Å². The van der Waals surface area contributed by atoms with Crippen molar-refractivity contribution in [2.45, 2.75) is 70.8 Å². The van der Waals surface area contributed by atoms with E-state index in [1.807, 2.05) is 0 Å². The first-order valence-corrected chi connectivity index (χ1v) is 7.19. The first-order valence-electron chi connectivity index (χ1n) is 7.19. The Morgan fingerprint density at radius 1 is 1.24 bits per heavy atom. The van der Waals surface area contributed by atoms with Crippen LogP contribution < -0.4 is 0 Å². The maximum Gasteiger partial charge on any atom is 0.0860 e. The lowest BCUT2D eigenvalue weighted by Crippen LogP contribution is -2.47. The van der Waals surface area contributed by atoms with Crippen LogP contribution in [0.2, 0.25) is 0 Å². The van der Waals surface area contributed by atoms with Gasteiger partial charge in [0.25, 0.3) is 0 Å². The van der Waals surface area contributed by atoms with Crippen LogP contribution in [0, 0.1) is 28.6 Å². The Labute approximate surface area is 105 Å². The number of nitriles is 1. The molecule has 0 radical (unpaired) electrons.